The third kappa shape index (κ3) is 17.5. The number of alkyl halides is 4. The molecular weight excluding hydrogens is 1120 g/mol. The molecule has 432 valence electrons. The number of fused-ring (bicyclic) bond motifs is 3. The third-order valence-electron chi connectivity index (χ3n) is 14.5. The van der Waals surface area contributed by atoms with Crippen LogP contribution in [0.25, 0.3) is 32.7 Å². The highest BCUT2D eigenvalue weighted by atomic mass is 35.5. The van der Waals surface area contributed by atoms with Gasteiger partial charge in [-0.3, -0.25) is 19.9 Å². The largest absolute Gasteiger partial charge is 0.374 e. The van der Waals surface area contributed by atoms with Gasteiger partial charge >= 0.3 is 0 Å². The predicted molar refractivity (Wildman–Crippen MR) is 333 cm³/mol. The van der Waals surface area contributed by atoms with Crippen LogP contribution in [0, 0.1) is 34.0 Å². The number of halogens is 4. The minimum atomic E-state index is 0.0489. The van der Waals surface area contributed by atoms with Gasteiger partial charge in [-0.2, -0.15) is 15.8 Å². The van der Waals surface area contributed by atoms with Gasteiger partial charge in [0.25, 0.3) is 0 Å². The highest BCUT2D eigenvalue weighted by molar-refractivity contribution is 6.19. The summed E-state index contributed by atoms with van der Waals surface area (Å²) in [6.45, 7) is 20.6. The number of nitrogens with zero attached hydrogens (tertiary/aromatic N) is 11. The van der Waals surface area contributed by atoms with Crippen molar-refractivity contribution < 1.29 is 18.9 Å². The Morgan fingerprint density at radius 1 is 0.451 bits per heavy atom. The van der Waals surface area contributed by atoms with E-state index in [1.807, 2.05) is 78.9 Å². The molecule has 4 aliphatic rings. The molecule has 0 saturated carbocycles. The Bertz CT molecular complexity index is 2930. The molecule has 4 saturated heterocycles. The first-order chi connectivity index (χ1) is 40.2. The smallest absolute Gasteiger partial charge is 0.101 e. The standard InChI is InChI=1S/3C15H14ClN3O.C12H16ClNO.C6H15N/c3*16-8-12-10-19(6-7-20-12)14-4-3-11(9-17)15-13(14)2-1-5-18-15;13-8-12-10-14(6-7-15-12)9-11-4-2-1-3-5-11;1-4-7(5-2)6-3/h3*1-5,12H,6-8,10H2;1-5,12H,6-10H2;4-6H2,1-3H3/t3*12-;;/m100../s1. The fourth-order valence-electron chi connectivity index (χ4n) is 10.2. The molecule has 3 aromatic heterocycles. The van der Waals surface area contributed by atoms with Crippen molar-refractivity contribution in [1.82, 2.24) is 24.8 Å². The van der Waals surface area contributed by atoms with E-state index in [1.54, 1.807) is 18.6 Å². The van der Waals surface area contributed by atoms with E-state index in [0.717, 1.165) is 115 Å². The fraction of sp³-hybridized carbons (Fsp3) is 0.429. The van der Waals surface area contributed by atoms with E-state index in [0.29, 0.717) is 60.0 Å². The molecule has 0 amide bonds. The van der Waals surface area contributed by atoms with Gasteiger partial charge in [-0.05, 0) is 98.0 Å². The van der Waals surface area contributed by atoms with Gasteiger partial charge in [0.2, 0.25) is 0 Å². The van der Waals surface area contributed by atoms with E-state index >= 15 is 0 Å². The van der Waals surface area contributed by atoms with Gasteiger partial charge in [0.15, 0.2) is 0 Å². The molecular formula is C63H73Cl4N11O4. The maximum Gasteiger partial charge on any atom is 0.101 e. The van der Waals surface area contributed by atoms with E-state index in [2.05, 4.69) is 103 Å². The predicted octanol–water partition coefficient (Wildman–Crippen LogP) is 11.1. The second-order valence-electron chi connectivity index (χ2n) is 19.7. The van der Waals surface area contributed by atoms with Crippen molar-refractivity contribution in [3.63, 3.8) is 0 Å². The molecule has 1 unspecified atom stereocenters. The first-order valence-corrected chi connectivity index (χ1v) is 30.1. The zero-order chi connectivity index (χ0) is 58.1. The summed E-state index contributed by atoms with van der Waals surface area (Å²) in [5.41, 5.74) is 8.68. The summed E-state index contributed by atoms with van der Waals surface area (Å²) in [6, 6.07) is 40.2. The zero-order valence-electron chi connectivity index (χ0n) is 47.1. The van der Waals surface area contributed by atoms with Crippen LogP contribution in [-0.4, -0.2) is 171 Å². The fourth-order valence-corrected chi connectivity index (χ4v) is 10.9. The molecule has 19 heteroatoms. The number of benzene rings is 4. The van der Waals surface area contributed by atoms with E-state index in [9.17, 15) is 15.8 Å². The van der Waals surface area contributed by atoms with Crippen LogP contribution in [0.1, 0.15) is 43.0 Å². The van der Waals surface area contributed by atoms with Crippen LogP contribution >= 0.6 is 46.4 Å². The Kier molecular flexibility index (Phi) is 26.2. The Morgan fingerprint density at radius 3 is 1.11 bits per heavy atom. The van der Waals surface area contributed by atoms with Crippen molar-refractivity contribution in [2.24, 2.45) is 0 Å². The van der Waals surface area contributed by atoms with Crippen molar-refractivity contribution in [2.75, 3.05) is 137 Å². The topological polar surface area (TPSA) is 163 Å². The van der Waals surface area contributed by atoms with E-state index in [4.69, 9.17) is 65.4 Å². The summed E-state index contributed by atoms with van der Waals surface area (Å²) in [6.07, 6.45) is 5.49. The molecule has 82 heavy (non-hydrogen) atoms. The molecule has 7 aromatic rings. The van der Waals surface area contributed by atoms with Crippen LogP contribution in [0.5, 0.6) is 0 Å². The number of pyridine rings is 3. The van der Waals surface area contributed by atoms with Crippen molar-refractivity contribution in [3.05, 3.63) is 144 Å². The SMILES string of the molecule is CCN(CC)CC.ClCC1CN(Cc2ccccc2)CCO1.N#Cc1ccc(N2CCO[C@@H](CCl)C2)c2cccnc12.N#Cc1ccc(N2CCO[C@@H](CCl)C2)c2cccnc12.N#Cc1ccc(N2CCO[C@H](CCl)C2)c2cccnc12. The first-order valence-electron chi connectivity index (χ1n) is 28.0. The van der Waals surface area contributed by atoms with Crippen molar-refractivity contribution in [3.8, 4) is 18.2 Å². The molecule has 4 aromatic carbocycles. The molecule has 4 aliphatic heterocycles. The summed E-state index contributed by atoms with van der Waals surface area (Å²) < 4.78 is 22.3. The van der Waals surface area contributed by atoms with Crippen LogP contribution in [0.3, 0.4) is 0 Å². The Labute approximate surface area is 503 Å². The molecule has 7 heterocycles. The molecule has 0 spiro atoms. The van der Waals surface area contributed by atoms with Gasteiger partial charge < -0.3 is 38.5 Å². The summed E-state index contributed by atoms with van der Waals surface area (Å²) >= 11 is 23.5. The van der Waals surface area contributed by atoms with Gasteiger partial charge in [-0.15, -0.1) is 46.4 Å². The van der Waals surface area contributed by atoms with E-state index < -0.39 is 0 Å². The van der Waals surface area contributed by atoms with Crippen LogP contribution in [-0.2, 0) is 25.5 Å². The average molecular weight is 1190 g/mol. The lowest BCUT2D eigenvalue weighted by molar-refractivity contribution is -0.0194. The van der Waals surface area contributed by atoms with Gasteiger partial charge in [-0.25, -0.2) is 0 Å². The first kappa shape index (κ1) is 63.5. The summed E-state index contributed by atoms with van der Waals surface area (Å²) in [7, 11) is 0. The molecule has 15 nitrogen and oxygen atoms in total. The van der Waals surface area contributed by atoms with E-state index in [1.165, 1.54) is 25.2 Å². The Morgan fingerprint density at radius 2 is 0.793 bits per heavy atom. The van der Waals surface area contributed by atoms with Crippen molar-refractivity contribution >= 4 is 96.2 Å². The van der Waals surface area contributed by atoms with Crippen molar-refractivity contribution in [1.29, 1.82) is 15.8 Å². The van der Waals surface area contributed by atoms with Gasteiger partial charge in [0, 0.05) is 117 Å². The second kappa shape index (κ2) is 33.9. The minimum absolute atomic E-state index is 0.0489. The van der Waals surface area contributed by atoms with E-state index in [-0.39, 0.29) is 24.4 Å². The monoisotopic (exact) mass is 1190 g/mol. The number of anilines is 3. The number of nitriles is 3. The van der Waals surface area contributed by atoms with Crippen LogP contribution in [0.15, 0.2) is 122 Å². The van der Waals surface area contributed by atoms with Crippen LogP contribution in [0.2, 0.25) is 0 Å². The maximum atomic E-state index is 9.18. The summed E-state index contributed by atoms with van der Waals surface area (Å²) in [5, 5.41) is 30.5. The molecule has 0 bridgehead atoms. The number of aromatic nitrogens is 3. The third-order valence-corrected chi connectivity index (χ3v) is 15.9. The quantitative estimate of drug-likeness (QED) is 0.106. The summed E-state index contributed by atoms with van der Waals surface area (Å²) in [4.78, 5) is 24.5. The van der Waals surface area contributed by atoms with Crippen molar-refractivity contribution in [2.45, 2.75) is 51.7 Å². The molecule has 4 fully saturated rings. The number of hydrogen-bond donors (Lipinski definition) is 0. The zero-order valence-corrected chi connectivity index (χ0v) is 50.1. The average Bonchev–Trinajstić information content (AvgIpc) is 3.75. The van der Waals surface area contributed by atoms with Crippen LogP contribution < -0.4 is 14.7 Å². The molecule has 11 rings (SSSR count). The maximum absolute atomic E-state index is 9.18. The van der Waals surface area contributed by atoms with Gasteiger partial charge in [0.1, 0.15) is 18.2 Å². The number of morpholine rings is 4. The Balaban J connectivity index is 0.000000152. The molecule has 4 atom stereocenters. The number of hydrogen-bond acceptors (Lipinski definition) is 15. The highest BCUT2D eigenvalue weighted by Gasteiger charge is 2.25. The molecule has 0 radical (unpaired) electrons. The normalized spacial score (nSPS) is 19.0. The second-order valence-corrected chi connectivity index (χ2v) is 20.9. The van der Waals surface area contributed by atoms with Crippen LogP contribution in [0.4, 0.5) is 17.1 Å². The lowest BCUT2D eigenvalue weighted by atomic mass is 10.1. The highest BCUT2D eigenvalue weighted by Crippen LogP contribution is 2.32. The van der Waals surface area contributed by atoms with Gasteiger partial charge in [0.05, 0.1) is 102 Å². The molecule has 0 N–H and O–H groups in total. The molecule has 0 aliphatic carbocycles. The lowest BCUT2D eigenvalue weighted by Crippen LogP contribution is -2.43. The number of rotatable bonds is 12. The number of ether oxygens (including phenoxy) is 4. The Hall–Kier alpha value is -6.10. The summed E-state index contributed by atoms with van der Waals surface area (Å²) in [5.74, 6) is 2.06. The lowest BCUT2D eigenvalue weighted by Gasteiger charge is -2.34. The minimum Gasteiger partial charge on any atom is -0.374 e. The van der Waals surface area contributed by atoms with Gasteiger partial charge in [-0.1, -0.05) is 51.1 Å².